The zero-order valence-electron chi connectivity index (χ0n) is 10.8. The summed E-state index contributed by atoms with van der Waals surface area (Å²) in [5.74, 6) is -1.58. The number of hydrogen-bond acceptors (Lipinski definition) is 3. The number of fused-ring (bicyclic) bond motifs is 2. The minimum atomic E-state index is -0.922. The quantitative estimate of drug-likeness (QED) is 0.725. The summed E-state index contributed by atoms with van der Waals surface area (Å²) in [6, 6.07) is 12.0. The number of carboxylic acids is 1. The van der Waals surface area contributed by atoms with Crippen molar-refractivity contribution < 1.29 is 14.3 Å². The van der Waals surface area contributed by atoms with Crippen LogP contribution in [0.15, 0.2) is 51.7 Å². The van der Waals surface area contributed by atoms with E-state index in [1.807, 2.05) is 0 Å². The van der Waals surface area contributed by atoms with Crippen LogP contribution in [-0.4, -0.2) is 11.1 Å². The number of aliphatic carboxylic acids is 1. The van der Waals surface area contributed by atoms with Crippen LogP contribution in [-0.2, 0) is 4.79 Å². The molecule has 1 heterocycles. The minimum absolute atomic E-state index is 0.138. The lowest BCUT2D eigenvalue weighted by atomic mass is 9.99. The highest BCUT2D eigenvalue weighted by Crippen LogP contribution is 2.23. The summed E-state index contributed by atoms with van der Waals surface area (Å²) in [6.45, 7) is 1.59. The molecule has 2 aromatic carbocycles. The van der Waals surface area contributed by atoms with E-state index in [9.17, 15) is 9.59 Å². The molecule has 1 aromatic heterocycles. The monoisotopic (exact) mass is 268 g/mol. The van der Waals surface area contributed by atoms with Crippen LogP contribution in [0.25, 0.3) is 21.9 Å². The second-order valence-electron chi connectivity index (χ2n) is 4.74. The molecular weight excluding hydrogens is 256 g/mol. The standard InChI is InChI=1S/C16H12O4/c1-9(16(18)19)10-6-7-14-12(8-10)15(17)11-4-2-3-5-13(11)20-14/h2-9H,1H3,(H,18,19)/t9-/m0/s1. The molecular formula is C16H12O4. The zero-order valence-corrected chi connectivity index (χ0v) is 10.8. The number of carbonyl (C=O) groups is 1. The van der Waals surface area contributed by atoms with Crippen molar-refractivity contribution in [1.29, 1.82) is 0 Å². The van der Waals surface area contributed by atoms with Gasteiger partial charge in [-0.3, -0.25) is 9.59 Å². The van der Waals surface area contributed by atoms with Crippen LogP contribution in [0.3, 0.4) is 0 Å². The van der Waals surface area contributed by atoms with Crippen LogP contribution in [0, 0.1) is 0 Å². The molecule has 0 saturated heterocycles. The van der Waals surface area contributed by atoms with Crippen molar-refractivity contribution in [2.24, 2.45) is 0 Å². The molecule has 0 radical (unpaired) electrons. The predicted octanol–water partition coefficient (Wildman–Crippen LogP) is 3.13. The van der Waals surface area contributed by atoms with Crippen LogP contribution in [0.1, 0.15) is 18.4 Å². The lowest BCUT2D eigenvalue weighted by molar-refractivity contribution is -0.138. The van der Waals surface area contributed by atoms with E-state index in [-0.39, 0.29) is 5.43 Å². The van der Waals surface area contributed by atoms with Crippen molar-refractivity contribution in [2.45, 2.75) is 12.8 Å². The van der Waals surface area contributed by atoms with Crippen molar-refractivity contribution in [3.63, 3.8) is 0 Å². The summed E-state index contributed by atoms with van der Waals surface area (Å²) in [4.78, 5) is 23.5. The van der Waals surface area contributed by atoms with Gasteiger partial charge < -0.3 is 9.52 Å². The Labute approximate surface area is 114 Å². The molecule has 3 aromatic rings. The number of carboxylic acid groups (broad SMARTS) is 1. The normalized spacial score (nSPS) is 12.7. The van der Waals surface area contributed by atoms with Gasteiger partial charge in [0.2, 0.25) is 5.43 Å². The van der Waals surface area contributed by atoms with E-state index in [0.29, 0.717) is 27.5 Å². The Morgan fingerprint density at radius 2 is 1.80 bits per heavy atom. The number of benzene rings is 2. The molecule has 0 aliphatic heterocycles. The maximum absolute atomic E-state index is 12.4. The second-order valence-corrected chi connectivity index (χ2v) is 4.74. The fraction of sp³-hybridized carbons (Fsp3) is 0.125. The Balaban J connectivity index is 2.34. The second kappa shape index (κ2) is 4.49. The van der Waals surface area contributed by atoms with Gasteiger partial charge in [0.1, 0.15) is 11.2 Å². The van der Waals surface area contributed by atoms with Gasteiger partial charge in [-0.2, -0.15) is 0 Å². The van der Waals surface area contributed by atoms with Crippen LogP contribution >= 0.6 is 0 Å². The molecule has 0 unspecified atom stereocenters. The summed E-state index contributed by atoms with van der Waals surface area (Å²) in [5, 5.41) is 9.96. The average Bonchev–Trinajstić information content (AvgIpc) is 2.46. The summed E-state index contributed by atoms with van der Waals surface area (Å²) in [6.07, 6.45) is 0. The molecule has 0 saturated carbocycles. The Morgan fingerprint density at radius 1 is 1.10 bits per heavy atom. The van der Waals surface area contributed by atoms with E-state index in [2.05, 4.69) is 0 Å². The van der Waals surface area contributed by atoms with Crippen molar-refractivity contribution in [3.05, 3.63) is 58.3 Å². The molecule has 0 bridgehead atoms. The van der Waals surface area contributed by atoms with E-state index in [4.69, 9.17) is 9.52 Å². The molecule has 0 aliphatic rings. The summed E-state index contributed by atoms with van der Waals surface area (Å²) < 4.78 is 5.67. The fourth-order valence-electron chi connectivity index (χ4n) is 2.23. The summed E-state index contributed by atoms with van der Waals surface area (Å²) >= 11 is 0. The van der Waals surface area contributed by atoms with E-state index in [1.165, 1.54) is 0 Å². The van der Waals surface area contributed by atoms with Crippen molar-refractivity contribution >= 4 is 27.9 Å². The topological polar surface area (TPSA) is 67.5 Å². The smallest absolute Gasteiger partial charge is 0.310 e. The van der Waals surface area contributed by atoms with Crippen LogP contribution in [0.2, 0.25) is 0 Å². The first-order valence-electron chi connectivity index (χ1n) is 6.26. The van der Waals surface area contributed by atoms with E-state index in [0.717, 1.165) is 0 Å². The van der Waals surface area contributed by atoms with Crippen LogP contribution in [0.5, 0.6) is 0 Å². The maximum Gasteiger partial charge on any atom is 0.310 e. The highest BCUT2D eigenvalue weighted by atomic mass is 16.4. The molecule has 1 atom stereocenters. The molecule has 0 aliphatic carbocycles. The van der Waals surface area contributed by atoms with Crippen molar-refractivity contribution in [2.75, 3.05) is 0 Å². The first kappa shape index (κ1) is 12.4. The number of para-hydroxylation sites is 1. The third kappa shape index (κ3) is 1.86. The molecule has 0 spiro atoms. The van der Waals surface area contributed by atoms with Gasteiger partial charge >= 0.3 is 5.97 Å². The molecule has 1 N–H and O–H groups in total. The van der Waals surface area contributed by atoms with E-state index >= 15 is 0 Å². The Kier molecular flexibility index (Phi) is 2.79. The number of hydrogen-bond donors (Lipinski definition) is 1. The van der Waals surface area contributed by atoms with Gasteiger partial charge in [0, 0.05) is 0 Å². The predicted molar refractivity (Wildman–Crippen MR) is 76.0 cm³/mol. The molecule has 100 valence electrons. The zero-order chi connectivity index (χ0) is 14.3. The van der Waals surface area contributed by atoms with E-state index in [1.54, 1.807) is 49.4 Å². The Morgan fingerprint density at radius 3 is 2.55 bits per heavy atom. The highest BCUT2D eigenvalue weighted by molar-refractivity contribution is 5.90. The van der Waals surface area contributed by atoms with Gasteiger partial charge in [-0.05, 0) is 36.8 Å². The first-order chi connectivity index (χ1) is 9.58. The van der Waals surface area contributed by atoms with Gasteiger partial charge in [0.15, 0.2) is 0 Å². The van der Waals surface area contributed by atoms with Gasteiger partial charge in [-0.25, -0.2) is 0 Å². The molecule has 3 rings (SSSR count). The third-order valence-electron chi connectivity index (χ3n) is 3.47. The lowest BCUT2D eigenvalue weighted by Gasteiger charge is -2.08. The highest BCUT2D eigenvalue weighted by Gasteiger charge is 2.15. The Bertz CT molecular complexity index is 876. The first-order valence-corrected chi connectivity index (χ1v) is 6.26. The summed E-state index contributed by atoms with van der Waals surface area (Å²) in [5.41, 5.74) is 1.45. The molecule has 0 fully saturated rings. The van der Waals surface area contributed by atoms with Crippen molar-refractivity contribution in [3.8, 4) is 0 Å². The average molecular weight is 268 g/mol. The molecule has 4 nitrogen and oxygen atoms in total. The van der Waals surface area contributed by atoms with Gasteiger partial charge in [0.05, 0.1) is 16.7 Å². The lowest BCUT2D eigenvalue weighted by Crippen LogP contribution is -2.09. The van der Waals surface area contributed by atoms with Gasteiger partial charge in [-0.1, -0.05) is 18.2 Å². The van der Waals surface area contributed by atoms with Crippen LogP contribution in [0.4, 0.5) is 0 Å². The fourth-order valence-corrected chi connectivity index (χ4v) is 2.23. The largest absolute Gasteiger partial charge is 0.481 e. The molecule has 4 heteroatoms. The molecule has 20 heavy (non-hydrogen) atoms. The maximum atomic E-state index is 12.4. The summed E-state index contributed by atoms with van der Waals surface area (Å²) in [7, 11) is 0. The van der Waals surface area contributed by atoms with Gasteiger partial charge in [0.25, 0.3) is 0 Å². The van der Waals surface area contributed by atoms with Crippen molar-refractivity contribution in [1.82, 2.24) is 0 Å². The number of rotatable bonds is 2. The SMILES string of the molecule is C[C@H](C(=O)O)c1ccc2oc3ccccc3c(=O)c2c1. The Hall–Kier alpha value is -2.62. The third-order valence-corrected chi connectivity index (χ3v) is 3.47. The van der Waals surface area contributed by atoms with Crippen LogP contribution < -0.4 is 5.43 Å². The van der Waals surface area contributed by atoms with Gasteiger partial charge in [-0.15, -0.1) is 0 Å². The minimum Gasteiger partial charge on any atom is -0.481 e. The van der Waals surface area contributed by atoms with E-state index < -0.39 is 11.9 Å². The molecule has 0 amide bonds.